The van der Waals surface area contributed by atoms with E-state index in [0.717, 1.165) is 15.0 Å². The Balaban J connectivity index is 2.37. The molecule has 0 fully saturated rings. The summed E-state index contributed by atoms with van der Waals surface area (Å²) in [6, 6.07) is 6.05. The Bertz CT molecular complexity index is 473. The molecule has 0 saturated heterocycles. The van der Waals surface area contributed by atoms with Crippen LogP contribution < -0.4 is 5.32 Å². The van der Waals surface area contributed by atoms with E-state index in [0.29, 0.717) is 5.02 Å². The second kappa shape index (κ2) is 5.27. The highest BCUT2D eigenvalue weighted by Gasteiger charge is 2.15. The van der Waals surface area contributed by atoms with Crippen molar-refractivity contribution >= 4 is 38.9 Å². The number of nitrogens with zero attached hydrogens (tertiary/aromatic N) is 1. The van der Waals surface area contributed by atoms with Crippen molar-refractivity contribution in [2.45, 2.75) is 6.04 Å². The number of rotatable bonds is 3. The molecule has 2 rings (SSSR count). The first-order valence-corrected chi connectivity index (χ1v) is 6.79. The molecule has 0 bridgehead atoms. The largest absolute Gasteiger partial charge is 0.307 e. The lowest BCUT2D eigenvalue weighted by Crippen LogP contribution is -2.17. The fourth-order valence-corrected chi connectivity index (χ4v) is 2.71. The number of halogens is 2. The van der Waals surface area contributed by atoms with E-state index >= 15 is 0 Å². The number of thiazole rings is 1. The second-order valence-corrected chi connectivity index (χ2v) is 5.45. The van der Waals surface area contributed by atoms with E-state index < -0.39 is 0 Å². The molecule has 0 aliphatic carbocycles. The van der Waals surface area contributed by atoms with Crippen LogP contribution in [0, 0.1) is 0 Å². The van der Waals surface area contributed by atoms with Gasteiger partial charge in [0.05, 0.1) is 11.1 Å². The number of benzene rings is 1. The predicted molar refractivity (Wildman–Crippen MR) is 72.2 cm³/mol. The first-order chi connectivity index (χ1) is 7.72. The van der Waals surface area contributed by atoms with Gasteiger partial charge in [0.2, 0.25) is 0 Å². The monoisotopic (exact) mass is 316 g/mol. The van der Waals surface area contributed by atoms with Crippen LogP contribution in [-0.2, 0) is 0 Å². The molecule has 0 radical (unpaired) electrons. The van der Waals surface area contributed by atoms with E-state index in [1.54, 1.807) is 11.3 Å². The fourth-order valence-electron chi connectivity index (χ4n) is 1.50. The van der Waals surface area contributed by atoms with Crippen LogP contribution in [0.4, 0.5) is 0 Å². The lowest BCUT2D eigenvalue weighted by Gasteiger charge is -2.14. The minimum absolute atomic E-state index is 0.102. The van der Waals surface area contributed by atoms with Crippen LogP contribution in [0.2, 0.25) is 5.02 Å². The molecule has 0 spiro atoms. The maximum absolute atomic E-state index is 6.08. The maximum Gasteiger partial charge on any atom is 0.114 e. The normalized spacial score (nSPS) is 12.7. The molecule has 0 amide bonds. The lowest BCUT2D eigenvalue weighted by atomic mass is 10.1. The van der Waals surface area contributed by atoms with Crippen LogP contribution in [0.5, 0.6) is 0 Å². The Morgan fingerprint density at radius 1 is 1.50 bits per heavy atom. The van der Waals surface area contributed by atoms with Crippen LogP contribution >= 0.6 is 38.9 Å². The fraction of sp³-hybridized carbons (Fsp3) is 0.182. The smallest absolute Gasteiger partial charge is 0.114 e. The summed E-state index contributed by atoms with van der Waals surface area (Å²) < 4.78 is 0.909. The number of hydrogen-bond acceptors (Lipinski definition) is 3. The zero-order chi connectivity index (χ0) is 11.5. The highest BCUT2D eigenvalue weighted by Crippen LogP contribution is 2.29. The van der Waals surface area contributed by atoms with Gasteiger partial charge >= 0.3 is 0 Å². The quantitative estimate of drug-likeness (QED) is 0.929. The van der Waals surface area contributed by atoms with Crippen molar-refractivity contribution in [2.24, 2.45) is 0 Å². The van der Waals surface area contributed by atoms with Crippen molar-refractivity contribution in [1.82, 2.24) is 10.3 Å². The Morgan fingerprint density at radius 2 is 2.31 bits per heavy atom. The molecule has 0 aliphatic heterocycles. The van der Waals surface area contributed by atoms with Gasteiger partial charge in [0, 0.05) is 16.0 Å². The second-order valence-electron chi connectivity index (χ2n) is 3.27. The molecule has 0 aliphatic rings. The third kappa shape index (κ3) is 2.46. The lowest BCUT2D eigenvalue weighted by molar-refractivity contribution is 0.686. The highest BCUT2D eigenvalue weighted by molar-refractivity contribution is 9.10. The van der Waals surface area contributed by atoms with Gasteiger partial charge in [-0.3, -0.25) is 0 Å². The van der Waals surface area contributed by atoms with Crippen molar-refractivity contribution in [3.63, 3.8) is 0 Å². The van der Waals surface area contributed by atoms with Gasteiger partial charge in [0.1, 0.15) is 5.01 Å². The molecule has 1 unspecified atom stereocenters. The van der Waals surface area contributed by atoms with E-state index in [9.17, 15) is 0 Å². The molecule has 5 heteroatoms. The number of aromatic nitrogens is 1. The summed E-state index contributed by atoms with van der Waals surface area (Å²) in [5, 5.41) is 6.97. The van der Waals surface area contributed by atoms with E-state index in [1.807, 2.05) is 36.8 Å². The van der Waals surface area contributed by atoms with Gasteiger partial charge in [-0.1, -0.05) is 17.7 Å². The average molecular weight is 318 g/mol. The van der Waals surface area contributed by atoms with Gasteiger partial charge in [-0.25, -0.2) is 4.98 Å². The van der Waals surface area contributed by atoms with E-state index in [4.69, 9.17) is 11.6 Å². The molecule has 1 aromatic carbocycles. The first kappa shape index (κ1) is 12.0. The van der Waals surface area contributed by atoms with Crippen molar-refractivity contribution < 1.29 is 0 Å². The summed E-state index contributed by atoms with van der Waals surface area (Å²) in [5.41, 5.74) is 1.12. The summed E-state index contributed by atoms with van der Waals surface area (Å²) in [4.78, 5) is 4.32. The van der Waals surface area contributed by atoms with Gasteiger partial charge in [0.15, 0.2) is 0 Å². The maximum atomic E-state index is 6.08. The Kier molecular flexibility index (Phi) is 3.97. The van der Waals surface area contributed by atoms with Crippen LogP contribution in [0.15, 0.2) is 34.2 Å². The van der Waals surface area contributed by atoms with E-state index in [1.165, 1.54) is 0 Å². The highest BCUT2D eigenvalue weighted by atomic mass is 79.9. The SMILES string of the molecule is CNC(c1ccc(Br)c(Cl)c1)c1nccs1. The first-order valence-electron chi connectivity index (χ1n) is 4.74. The molecule has 2 aromatic rings. The predicted octanol–water partition coefficient (Wildman–Crippen LogP) is 3.87. The molecule has 1 N–H and O–H groups in total. The summed E-state index contributed by atoms with van der Waals surface area (Å²) >= 11 is 11.1. The van der Waals surface area contributed by atoms with E-state index in [-0.39, 0.29) is 6.04 Å². The molecule has 84 valence electrons. The average Bonchev–Trinajstić information content (AvgIpc) is 2.78. The Labute approximate surface area is 112 Å². The Hall–Kier alpha value is -0.420. The van der Waals surface area contributed by atoms with Crippen LogP contribution in [0.1, 0.15) is 16.6 Å². The van der Waals surface area contributed by atoms with Gasteiger partial charge in [-0.2, -0.15) is 0 Å². The zero-order valence-electron chi connectivity index (χ0n) is 8.58. The molecule has 1 heterocycles. The number of nitrogens with one attached hydrogen (secondary N) is 1. The number of hydrogen-bond donors (Lipinski definition) is 1. The van der Waals surface area contributed by atoms with Crippen molar-refractivity contribution in [3.8, 4) is 0 Å². The molecule has 16 heavy (non-hydrogen) atoms. The third-order valence-electron chi connectivity index (χ3n) is 2.26. The van der Waals surface area contributed by atoms with Crippen molar-refractivity contribution in [3.05, 3.63) is 49.8 Å². The summed E-state index contributed by atoms with van der Waals surface area (Å²) in [5.74, 6) is 0. The van der Waals surface area contributed by atoms with Gasteiger partial charge in [-0.05, 0) is 40.7 Å². The summed E-state index contributed by atoms with van der Waals surface area (Å²) in [6.07, 6.45) is 1.81. The van der Waals surface area contributed by atoms with E-state index in [2.05, 4.69) is 26.2 Å². The van der Waals surface area contributed by atoms with Gasteiger partial charge in [0.25, 0.3) is 0 Å². The summed E-state index contributed by atoms with van der Waals surface area (Å²) in [7, 11) is 1.92. The third-order valence-corrected chi connectivity index (χ3v) is 4.34. The molecule has 1 atom stereocenters. The van der Waals surface area contributed by atoms with Gasteiger partial charge in [-0.15, -0.1) is 11.3 Å². The molecule has 2 nitrogen and oxygen atoms in total. The summed E-state index contributed by atoms with van der Waals surface area (Å²) in [6.45, 7) is 0. The molecule has 1 aromatic heterocycles. The van der Waals surface area contributed by atoms with Gasteiger partial charge < -0.3 is 5.32 Å². The minimum atomic E-state index is 0.102. The van der Waals surface area contributed by atoms with Crippen molar-refractivity contribution in [2.75, 3.05) is 7.05 Å². The topological polar surface area (TPSA) is 24.9 Å². The zero-order valence-corrected chi connectivity index (χ0v) is 11.7. The van der Waals surface area contributed by atoms with Crippen LogP contribution in [0.25, 0.3) is 0 Å². The molecular weight excluding hydrogens is 308 g/mol. The molecule has 0 saturated carbocycles. The van der Waals surface area contributed by atoms with Crippen molar-refractivity contribution in [1.29, 1.82) is 0 Å². The van der Waals surface area contributed by atoms with Crippen LogP contribution in [-0.4, -0.2) is 12.0 Å². The standard InChI is InChI=1S/C11H10BrClN2S/c1-14-10(11-15-4-5-16-11)7-2-3-8(12)9(13)6-7/h2-6,10,14H,1H3. The minimum Gasteiger partial charge on any atom is -0.307 e. The molecular formula is C11H10BrClN2S. The Morgan fingerprint density at radius 3 is 2.88 bits per heavy atom. The van der Waals surface area contributed by atoms with Crippen LogP contribution in [0.3, 0.4) is 0 Å².